The minimum Gasteiger partial charge on any atom is -0.392 e. The molecule has 0 amide bonds. The predicted molar refractivity (Wildman–Crippen MR) is 53.1 cm³/mol. The van der Waals surface area contributed by atoms with E-state index in [0.717, 1.165) is 29.9 Å². The number of hydrogen-bond acceptors (Lipinski definition) is 2. The number of rotatable bonds is 6. The summed E-state index contributed by atoms with van der Waals surface area (Å²) in [7, 11) is 0. The van der Waals surface area contributed by atoms with Crippen LogP contribution in [0.2, 0.25) is 0 Å². The lowest BCUT2D eigenvalue weighted by Gasteiger charge is -2.09. The first-order valence-corrected chi connectivity index (χ1v) is 5.28. The van der Waals surface area contributed by atoms with Crippen LogP contribution in [0.1, 0.15) is 26.7 Å². The molecule has 0 fully saturated rings. The topological polar surface area (TPSA) is 20.2 Å². The van der Waals surface area contributed by atoms with Gasteiger partial charge in [-0.25, -0.2) is 0 Å². The molecule has 1 N–H and O–H groups in total. The highest BCUT2D eigenvalue weighted by Crippen LogP contribution is 2.11. The monoisotopic (exact) mass is 174 g/mol. The van der Waals surface area contributed by atoms with Crippen molar-refractivity contribution in [3.63, 3.8) is 0 Å². The molecular weight excluding hydrogens is 156 g/mol. The van der Waals surface area contributed by atoms with Crippen LogP contribution in [0.15, 0.2) is 12.2 Å². The van der Waals surface area contributed by atoms with Crippen molar-refractivity contribution in [3.8, 4) is 0 Å². The Morgan fingerprint density at radius 1 is 1.55 bits per heavy atom. The first-order chi connectivity index (χ1) is 5.20. The van der Waals surface area contributed by atoms with Crippen molar-refractivity contribution in [3.05, 3.63) is 12.2 Å². The molecule has 1 atom stereocenters. The van der Waals surface area contributed by atoms with Crippen molar-refractivity contribution >= 4 is 11.8 Å². The molecule has 0 rings (SSSR count). The average molecular weight is 174 g/mol. The molecule has 0 aliphatic carbocycles. The van der Waals surface area contributed by atoms with Crippen molar-refractivity contribution < 1.29 is 5.11 Å². The molecular formula is C9H18OS. The molecule has 0 heterocycles. The van der Waals surface area contributed by atoms with Crippen LogP contribution in [0.5, 0.6) is 0 Å². The van der Waals surface area contributed by atoms with E-state index in [1.54, 1.807) is 11.8 Å². The van der Waals surface area contributed by atoms with Gasteiger partial charge in [-0.15, -0.1) is 0 Å². The Labute approximate surface area is 73.9 Å². The second-order valence-electron chi connectivity index (χ2n) is 2.62. The zero-order valence-electron chi connectivity index (χ0n) is 7.47. The molecule has 11 heavy (non-hydrogen) atoms. The van der Waals surface area contributed by atoms with Crippen LogP contribution in [0.25, 0.3) is 0 Å². The maximum atomic E-state index is 9.40. The van der Waals surface area contributed by atoms with Crippen LogP contribution in [0.3, 0.4) is 0 Å². The normalized spacial score (nSPS) is 13.0. The van der Waals surface area contributed by atoms with Crippen LogP contribution < -0.4 is 0 Å². The lowest BCUT2D eigenvalue weighted by molar-refractivity contribution is 0.199. The average Bonchev–Trinajstić information content (AvgIpc) is 2.00. The number of thioether (sulfide) groups is 1. The maximum absolute atomic E-state index is 9.40. The second-order valence-corrected chi connectivity index (χ2v) is 3.94. The van der Waals surface area contributed by atoms with E-state index in [0.29, 0.717) is 0 Å². The molecule has 0 saturated heterocycles. The molecule has 1 unspecified atom stereocenters. The maximum Gasteiger partial charge on any atom is 0.0667 e. The fraction of sp³-hybridized carbons (Fsp3) is 0.778. The lowest BCUT2D eigenvalue weighted by Crippen LogP contribution is -2.10. The van der Waals surface area contributed by atoms with Gasteiger partial charge >= 0.3 is 0 Å². The molecule has 0 aromatic heterocycles. The van der Waals surface area contributed by atoms with E-state index in [1.807, 2.05) is 0 Å². The zero-order valence-corrected chi connectivity index (χ0v) is 8.28. The van der Waals surface area contributed by atoms with Gasteiger partial charge in [0.2, 0.25) is 0 Å². The SMILES string of the molecule is C=C(CC)CC(O)CSCC. The molecule has 0 saturated carbocycles. The summed E-state index contributed by atoms with van der Waals surface area (Å²) in [6.07, 6.45) is 1.56. The first-order valence-electron chi connectivity index (χ1n) is 4.13. The van der Waals surface area contributed by atoms with Gasteiger partial charge in [0.1, 0.15) is 0 Å². The molecule has 0 spiro atoms. The fourth-order valence-electron chi connectivity index (χ4n) is 0.790. The Morgan fingerprint density at radius 2 is 2.18 bits per heavy atom. The van der Waals surface area contributed by atoms with Gasteiger partial charge in [-0.1, -0.05) is 26.0 Å². The summed E-state index contributed by atoms with van der Waals surface area (Å²) in [6, 6.07) is 0. The van der Waals surface area contributed by atoms with Crippen LogP contribution >= 0.6 is 11.8 Å². The van der Waals surface area contributed by atoms with Gasteiger partial charge in [0, 0.05) is 5.75 Å². The number of hydrogen-bond donors (Lipinski definition) is 1. The summed E-state index contributed by atoms with van der Waals surface area (Å²) in [6.45, 7) is 8.03. The quantitative estimate of drug-likeness (QED) is 0.624. The number of aliphatic hydroxyl groups excluding tert-OH is 1. The molecule has 0 aromatic rings. The summed E-state index contributed by atoms with van der Waals surface area (Å²) < 4.78 is 0. The zero-order chi connectivity index (χ0) is 8.69. The van der Waals surface area contributed by atoms with Gasteiger partial charge in [-0.05, 0) is 18.6 Å². The minimum atomic E-state index is -0.188. The first kappa shape index (κ1) is 11.1. The van der Waals surface area contributed by atoms with E-state index >= 15 is 0 Å². The van der Waals surface area contributed by atoms with Gasteiger partial charge < -0.3 is 5.11 Å². The highest BCUT2D eigenvalue weighted by Gasteiger charge is 2.03. The van der Waals surface area contributed by atoms with E-state index in [4.69, 9.17) is 0 Å². The molecule has 0 radical (unpaired) electrons. The van der Waals surface area contributed by atoms with E-state index in [9.17, 15) is 5.11 Å². The highest BCUT2D eigenvalue weighted by atomic mass is 32.2. The van der Waals surface area contributed by atoms with Gasteiger partial charge in [0.25, 0.3) is 0 Å². The third-order valence-electron chi connectivity index (χ3n) is 1.54. The molecule has 66 valence electrons. The third kappa shape index (κ3) is 6.45. The summed E-state index contributed by atoms with van der Waals surface area (Å²) in [5.41, 5.74) is 1.15. The lowest BCUT2D eigenvalue weighted by atomic mass is 10.1. The van der Waals surface area contributed by atoms with E-state index in [2.05, 4.69) is 20.4 Å². The largest absolute Gasteiger partial charge is 0.392 e. The Kier molecular flexibility index (Phi) is 6.77. The standard InChI is InChI=1S/C9H18OS/c1-4-8(3)6-9(10)7-11-5-2/h9-10H,3-7H2,1-2H3. The summed E-state index contributed by atoms with van der Waals surface area (Å²) in [4.78, 5) is 0. The van der Waals surface area contributed by atoms with E-state index in [-0.39, 0.29) is 6.10 Å². The molecule has 0 bridgehead atoms. The summed E-state index contributed by atoms with van der Waals surface area (Å²) in [5.74, 6) is 1.92. The summed E-state index contributed by atoms with van der Waals surface area (Å²) in [5, 5.41) is 9.40. The predicted octanol–water partition coefficient (Wildman–Crippen LogP) is 2.46. The molecule has 0 aromatic carbocycles. The molecule has 0 aliphatic rings. The molecule has 0 aliphatic heterocycles. The summed E-state index contributed by atoms with van der Waals surface area (Å²) >= 11 is 1.78. The molecule has 2 heteroatoms. The Hall–Kier alpha value is 0.0500. The Bertz CT molecular complexity index is 112. The smallest absolute Gasteiger partial charge is 0.0667 e. The molecule has 1 nitrogen and oxygen atoms in total. The minimum absolute atomic E-state index is 0.188. The van der Waals surface area contributed by atoms with Crippen molar-refractivity contribution in [1.29, 1.82) is 0 Å². The van der Waals surface area contributed by atoms with Gasteiger partial charge in [0.15, 0.2) is 0 Å². The van der Waals surface area contributed by atoms with E-state index in [1.165, 1.54) is 0 Å². The van der Waals surface area contributed by atoms with Crippen LogP contribution in [0.4, 0.5) is 0 Å². The second kappa shape index (κ2) is 6.74. The van der Waals surface area contributed by atoms with Gasteiger partial charge in [-0.3, -0.25) is 0 Å². The Morgan fingerprint density at radius 3 is 2.64 bits per heavy atom. The Balaban J connectivity index is 3.35. The van der Waals surface area contributed by atoms with Crippen LogP contribution in [0, 0.1) is 0 Å². The van der Waals surface area contributed by atoms with Crippen molar-refractivity contribution in [2.45, 2.75) is 32.8 Å². The van der Waals surface area contributed by atoms with Crippen molar-refractivity contribution in [1.82, 2.24) is 0 Å². The third-order valence-corrected chi connectivity index (χ3v) is 2.57. The van der Waals surface area contributed by atoms with Gasteiger partial charge in [-0.2, -0.15) is 11.8 Å². The fourth-order valence-corrected chi connectivity index (χ4v) is 1.42. The number of aliphatic hydroxyl groups is 1. The van der Waals surface area contributed by atoms with Crippen molar-refractivity contribution in [2.75, 3.05) is 11.5 Å². The van der Waals surface area contributed by atoms with Crippen LogP contribution in [-0.4, -0.2) is 22.7 Å². The van der Waals surface area contributed by atoms with E-state index < -0.39 is 0 Å². The van der Waals surface area contributed by atoms with Crippen LogP contribution in [-0.2, 0) is 0 Å². The van der Waals surface area contributed by atoms with Gasteiger partial charge in [0.05, 0.1) is 6.10 Å². The van der Waals surface area contributed by atoms with Crippen molar-refractivity contribution in [2.24, 2.45) is 0 Å². The highest BCUT2D eigenvalue weighted by molar-refractivity contribution is 7.99.